The number of nitrogens with one attached hydrogen (secondary N) is 3. The number of aryl methyl sites for hydroxylation is 2. The summed E-state index contributed by atoms with van der Waals surface area (Å²) in [6.45, 7) is 10.6. The SMILES string of the molecule is COc1cc([C@@H]2NC(=S)NC(C)=C2C(=O)Nc2ccc(C)cc2C)ccc1OCC(=O)N1C[C@@H](C)O[C@H](C)C1. The van der Waals surface area contributed by atoms with E-state index >= 15 is 0 Å². The molecule has 0 unspecified atom stereocenters. The fourth-order valence-electron chi connectivity index (χ4n) is 4.98. The third kappa shape index (κ3) is 6.69. The molecule has 3 atom stereocenters. The molecule has 39 heavy (non-hydrogen) atoms. The van der Waals surface area contributed by atoms with Gasteiger partial charge in [0.15, 0.2) is 23.2 Å². The van der Waals surface area contributed by atoms with Crippen molar-refractivity contribution >= 4 is 34.8 Å². The van der Waals surface area contributed by atoms with Gasteiger partial charge >= 0.3 is 0 Å². The molecule has 0 spiro atoms. The van der Waals surface area contributed by atoms with Crippen LogP contribution >= 0.6 is 12.2 Å². The van der Waals surface area contributed by atoms with Crippen LogP contribution in [0.4, 0.5) is 5.69 Å². The summed E-state index contributed by atoms with van der Waals surface area (Å²) in [4.78, 5) is 28.0. The molecule has 10 heteroatoms. The van der Waals surface area contributed by atoms with Gasteiger partial charge in [0.25, 0.3) is 11.8 Å². The lowest BCUT2D eigenvalue weighted by molar-refractivity contribution is -0.145. The average molecular weight is 553 g/mol. The summed E-state index contributed by atoms with van der Waals surface area (Å²) in [7, 11) is 1.54. The first-order chi connectivity index (χ1) is 18.5. The maximum atomic E-state index is 13.5. The molecule has 0 aliphatic carbocycles. The molecular weight excluding hydrogens is 516 g/mol. The molecule has 2 amide bonds. The van der Waals surface area contributed by atoms with Gasteiger partial charge in [-0.3, -0.25) is 9.59 Å². The van der Waals surface area contributed by atoms with E-state index in [9.17, 15) is 9.59 Å². The number of anilines is 1. The standard InChI is InChI=1S/C29H36N4O5S/c1-16-7-9-22(17(2)11-16)31-28(35)26-20(5)30-29(39)32-27(26)21-8-10-23(24(12-21)36-6)37-15-25(34)33-13-18(3)38-19(4)14-33/h7-12,18-19,27H,13-15H2,1-6H3,(H,31,35)(H2,30,32,39)/t18-,19-,27+/m1/s1. The molecule has 2 aromatic carbocycles. The Labute approximate surface area is 234 Å². The summed E-state index contributed by atoms with van der Waals surface area (Å²) in [5.41, 5.74) is 4.76. The molecule has 2 aliphatic rings. The Morgan fingerprint density at radius 1 is 1.08 bits per heavy atom. The second-order valence-corrected chi connectivity index (χ2v) is 10.5. The van der Waals surface area contributed by atoms with E-state index in [1.54, 1.807) is 17.0 Å². The number of benzene rings is 2. The molecule has 1 fully saturated rings. The first-order valence-electron chi connectivity index (χ1n) is 13.0. The number of morpholine rings is 1. The van der Waals surface area contributed by atoms with Gasteiger partial charge < -0.3 is 35.1 Å². The summed E-state index contributed by atoms with van der Waals surface area (Å²) < 4.78 is 17.2. The first-order valence-corrected chi connectivity index (χ1v) is 13.4. The second-order valence-electron chi connectivity index (χ2n) is 10.1. The Morgan fingerprint density at radius 2 is 1.79 bits per heavy atom. The van der Waals surface area contributed by atoms with E-state index in [0.29, 0.717) is 41.0 Å². The van der Waals surface area contributed by atoms with Crippen LogP contribution in [0.3, 0.4) is 0 Å². The van der Waals surface area contributed by atoms with E-state index in [2.05, 4.69) is 16.0 Å². The Hall–Kier alpha value is -3.63. The second kappa shape index (κ2) is 12.0. The number of carbonyl (C=O) groups is 2. The summed E-state index contributed by atoms with van der Waals surface area (Å²) in [5, 5.41) is 9.72. The van der Waals surface area contributed by atoms with Gasteiger partial charge in [0.1, 0.15) is 0 Å². The molecule has 2 heterocycles. The van der Waals surface area contributed by atoms with Gasteiger partial charge in [0.2, 0.25) is 0 Å². The highest BCUT2D eigenvalue weighted by atomic mass is 32.1. The number of rotatable bonds is 7. The number of methoxy groups -OCH3 is 1. The fourth-order valence-corrected chi connectivity index (χ4v) is 5.25. The number of ether oxygens (including phenoxy) is 3. The lowest BCUT2D eigenvalue weighted by atomic mass is 9.94. The van der Waals surface area contributed by atoms with E-state index in [1.807, 2.05) is 58.9 Å². The van der Waals surface area contributed by atoms with Crippen molar-refractivity contribution < 1.29 is 23.8 Å². The molecule has 0 aromatic heterocycles. The zero-order valence-corrected chi connectivity index (χ0v) is 24.0. The van der Waals surface area contributed by atoms with Gasteiger partial charge in [-0.1, -0.05) is 23.8 Å². The summed E-state index contributed by atoms with van der Waals surface area (Å²) in [5.74, 6) is 0.521. The number of thiocarbonyl (C=S) groups is 1. The molecule has 1 saturated heterocycles. The van der Waals surface area contributed by atoms with Crippen molar-refractivity contribution in [3.63, 3.8) is 0 Å². The normalized spacial score (nSPS) is 21.1. The fraction of sp³-hybridized carbons (Fsp3) is 0.414. The minimum Gasteiger partial charge on any atom is -0.493 e. The predicted octanol–water partition coefficient (Wildman–Crippen LogP) is 3.76. The highest BCUT2D eigenvalue weighted by molar-refractivity contribution is 7.80. The third-order valence-corrected chi connectivity index (χ3v) is 7.01. The van der Waals surface area contributed by atoms with Crippen LogP contribution in [0.2, 0.25) is 0 Å². The van der Waals surface area contributed by atoms with Crippen molar-refractivity contribution in [1.82, 2.24) is 15.5 Å². The van der Waals surface area contributed by atoms with E-state index in [1.165, 1.54) is 7.11 Å². The molecule has 0 saturated carbocycles. The minimum absolute atomic E-state index is 0.0205. The van der Waals surface area contributed by atoms with Crippen molar-refractivity contribution in [2.75, 3.05) is 32.1 Å². The van der Waals surface area contributed by atoms with E-state index < -0.39 is 6.04 Å². The van der Waals surface area contributed by atoms with Crippen molar-refractivity contribution in [3.8, 4) is 11.5 Å². The van der Waals surface area contributed by atoms with Gasteiger partial charge in [0, 0.05) is 24.5 Å². The molecule has 4 rings (SSSR count). The van der Waals surface area contributed by atoms with Crippen LogP contribution in [0.25, 0.3) is 0 Å². The van der Waals surface area contributed by atoms with Gasteiger partial charge in [-0.15, -0.1) is 0 Å². The Morgan fingerprint density at radius 3 is 2.46 bits per heavy atom. The van der Waals surface area contributed by atoms with E-state index in [-0.39, 0.29) is 30.6 Å². The zero-order chi connectivity index (χ0) is 28.3. The Bertz CT molecular complexity index is 1300. The smallest absolute Gasteiger partial charge is 0.260 e. The van der Waals surface area contributed by atoms with E-state index in [0.717, 1.165) is 22.4 Å². The van der Waals surface area contributed by atoms with Crippen molar-refractivity contribution in [2.45, 2.75) is 52.9 Å². The minimum atomic E-state index is -0.523. The maximum absolute atomic E-state index is 13.5. The number of hydrogen-bond acceptors (Lipinski definition) is 6. The van der Waals surface area contributed by atoms with Crippen LogP contribution in [0, 0.1) is 13.8 Å². The number of nitrogens with zero attached hydrogens (tertiary/aromatic N) is 1. The van der Waals surface area contributed by atoms with Crippen molar-refractivity contribution in [1.29, 1.82) is 0 Å². The first kappa shape index (κ1) is 28.4. The molecule has 208 valence electrons. The molecule has 3 N–H and O–H groups in total. The van der Waals surface area contributed by atoms with Crippen LogP contribution in [-0.2, 0) is 14.3 Å². The monoisotopic (exact) mass is 552 g/mol. The number of carbonyl (C=O) groups excluding carboxylic acids is 2. The lowest BCUT2D eigenvalue weighted by Gasteiger charge is -2.35. The molecule has 0 radical (unpaired) electrons. The third-order valence-electron chi connectivity index (χ3n) is 6.79. The summed E-state index contributed by atoms with van der Waals surface area (Å²) >= 11 is 5.40. The quantitative estimate of drug-likeness (QED) is 0.447. The number of amides is 2. The Balaban J connectivity index is 1.53. The molecular formula is C29H36N4O5S. The average Bonchev–Trinajstić information content (AvgIpc) is 2.87. The topological polar surface area (TPSA) is 101 Å². The van der Waals surface area contributed by atoms with Gasteiger partial charge in [-0.25, -0.2) is 0 Å². The highest BCUT2D eigenvalue weighted by Crippen LogP contribution is 2.35. The van der Waals surface area contributed by atoms with Crippen LogP contribution in [0.5, 0.6) is 11.5 Å². The molecule has 2 aliphatic heterocycles. The van der Waals surface area contributed by atoms with E-state index in [4.69, 9.17) is 26.4 Å². The molecule has 2 aromatic rings. The van der Waals surface area contributed by atoms with Gasteiger partial charge in [-0.05, 0) is 76.2 Å². The summed E-state index contributed by atoms with van der Waals surface area (Å²) in [6.07, 6.45) is -0.0409. The maximum Gasteiger partial charge on any atom is 0.260 e. The van der Waals surface area contributed by atoms with Crippen LogP contribution in [-0.4, -0.2) is 60.8 Å². The predicted molar refractivity (Wildman–Crippen MR) is 154 cm³/mol. The van der Waals surface area contributed by atoms with Crippen molar-refractivity contribution in [3.05, 3.63) is 64.4 Å². The summed E-state index contributed by atoms with van der Waals surface area (Å²) in [6, 6.07) is 10.7. The largest absolute Gasteiger partial charge is 0.493 e. The number of allylic oxidation sites excluding steroid dienone is 1. The lowest BCUT2D eigenvalue weighted by Crippen LogP contribution is -2.49. The van der Waals surface area contributed by atoms with Crippen LogP contribution < -0.4 is 25.4 Å². The highest BCUT2D eigenvalue weighted by Gasteiger charge is 2.31. The van der Waals surface area contributed by atoms with Crippen LogP contribution in [0.1, 0.15) is 43.5 Å². The molecule has 0 bridgehead atoms. The van der Waals surface area contributed by atoms with Crippen LogP contribution in [0.15, 0.2) is 47.7 Å². The Kier molecular flexibility index (Phi) is 8.76. The number of hydrogen-bond donors (Lipinski definition) is 3. The van der Waals surface area contributed by atoms with Gasteiger partial charge in [-0.2, -0.15) is 0 Å². The van der Waals surface area contributed by atoms with Gasteiger partial charge in [0.05, 0.1) is 30.9 Å². The zero-order valence-electron chi connectivity index (χ0n) is 23.2. The van der Waals surface area contributed by atoms with Crippen molar-refractivity contribution in [2.24, 2.45) is 0 Å². The molecule has 9 nitrogen and oxygen atoms in total.